The van der Waals surface area contributed by atoms with E-state index in [0.717, 1.165) is 24.3 Å². The van der Waals surface area contributed by atoms with Crippen molar-refractivity contribution in [2.75, 3.05) is 43.6 Å². The quantitative estimate of drug-likeness (QED) is 0.526. The Labute approximate surface area is 169 Å². The van der Waals surface area contributed by atoms with Crippen molar-refractivity contribution >= 4 is 32.8 Å². The molecule has 0 bridgehead atoms. The molecule has 0 saturated carbocycles. The lowest BCUT2D eigenvalue weighted by molar-refractivity contribution is 0.297. The second kappa shape index (κ2) is 9.79. The van der Waals surface area contributed by atoms with Gasteiger partial charge >= 0.3 is 0 Å². The molecule has 3 rings (SSSR count). The van der Waals surface area contributed by atoms with Gasteiger partial charge in [-0.15, -0.1) is 11.3 Å². The number of benzene rings is 1. The molecule has 0 saturated heterocycles. The zero-order valence-electron chi connectivity index (χ0n) is 15.8. The van der Waals surface area contributed by atoms with Gasteiger partial charge < -0.3 is 20.1 Å². The van der Waals surface area contributed by atoms with Gasteiger partial charge in [-0.05, 0) is 30.0 Å². The largest absolute Gasteiger partial charge is 0.490 e. The van der Waals surface area contributed by atoms with E-state index in [-0.39, 0.29) is 12.3 Å². The first-order valence-corrected chi connectivity index (χ1v) is 12.1. The van der Waals surface area contributed by atoms with Gasteiger partial charge in [0.2, 0.25) is 0 Å². The summed E-state index contributed by atoms with van der Waals surface area (Å²) in [6, 6.07) is 9.73. The Balaban J connectivity index is 1.66. The predicted octanol–water partition coefficient (Wildman–Crippen LogP) is 2.55. The molecule has 0 radical (unpaired) electrons. The zero-order valence-corrected chi connectivity index (χ0v) is 17.4. The monoisotopic (exact) mass is 423 g/mol. The van der Waals surface area contributed by atoms with E-state index in [1.54, 1.807) is 11.3 Å². The molecule has 152 valence electrons. The summed E-state index contributed by atoms with van der Waals surface area (Å²) in [5, 5.41) is 8.54. The number of nitrogens with zero attached hydrogens (tertiary/aromatic N) is 1. The Morgan fingerprint density at radius 1 is 1.21 bits per heavy atom. The van der Waals surface area contributed by atoms with Crippen molar-refractivity contribution < 1.29 is 17.9 Å². The number of fused-ring (bicyclic) bond motifs is 1. The van der Waals surface area contributed by atoms with Gasteiger partial charge in [0, 0.05) is 35.9 Å². The first-order chi connectivity index (χ1) is 13.5. The number of anilines is 1. The van der Waals surface area contributed by atoms with Gasteiger partial charge in [0.25, 0.3) is 0 Å². The van der Waals surface area contributed by atoms with E-state index in [1.165, 1.54) is 11.1 Å². The average Bonchev–Trinajstić information content (AvgIpc) is 3.04. The summed E-state index contributed by atoms with van der Waals surface area (Å²) in [6.45, 7) is 2.14. The van der Waals surface area contributed by atoms with Gasteiger partial charge in [-0.3, -0.25) is 4.99 Å². The summed E-state index contributed by atoms with van der Waals surface area (Å²) in [5.74, 6) is 1.96. The number of sulfone groups is 1. The van der Waals surface area contributed by atoms with Crippen LogP contribution in [0.15, 0.2) is 40.7 Å². The number of ether oxygens (including phenoxy) is 2. The van der Waals surface area contributed by atoms with Crippen LogP contribution in [0.2, 0.25) is 0 Å². The molecular formula is C19H25N3O4S2. The molecule has 2 heterocycles. The second-order valence-corrected chi connectivity index (χ2v) is 9.75. The lowest BCUT2D eigenvalue weighted by Crippen LogP contribution is -2.33. The highest BCUT2D eigenvalue weighted by molar-refractivity contribution is 7.90. The van der Waals surface area contributed by atoms with Crippen LogP contribution in [0, 0.1) is 0 Å². The Morgan fingerprint density at radius 2 is 2.04 bits per heavy atom. The lowest BCUT2D eigenvalue weighted by Gasteiger charge is -2.14. The fraction of sp³-hybridized carbons (Fsp3) is 0.421. The number of aliphatic imine (C=N–C) groups is 1. The molecule has 1 aromatic carbocycles. The summed E-state index contributed by atoms with van der Waals surface area (Å²) in [7, 11) is -3.06. The van der Waals surface area contributed by atoms with Crippen LogP contribution in [0.4, 0.5) is 5.69 Å². The third kappa shape index (κ3) is 6.72. The van der Waals surface area contributed by atoms with Crippen LogP contribution in [0.3, 0.4) is 0 Å². The van der Waals surface area contributed by atoms with E-state index < -0.39 is 9.84 Å². The Hall–Kier alpha value is -2.26. The number of hydrogen-bond donors (Lipinski definition) is 2. The van der Waals surface area contributed by atoms with Gasteiger partial charge in [-0.25, -0.2) is 8.42 Å². The minimum absolute atomic E-state index is 0.00588. The third-order valence-electron chi connectivity index (χ3n) is 3.99. The van der Waals surface area contributed by atoms with Crippen molar-refractivity contribution in [3.8, 4) is 11.5 Å². The highest BCUT2D eigenvalue weighted by Gasteiger charge is 2.11. The van der Waals surface area contributed by atoms with E-state index in [2.05, 4.69) is 21.7 Å². The molecular weight excluding hydrogens is 398 g/mol. The summed E-state index contributed by atoms with van der Waals surface area (Å²) >= 11 is 1.71. The van der Waals surface area contributed by atoms with Crippen molar-refractivity contribution in [3.05, 3.63) is 40.6 Å². The van der Waals surface area contributed by atoms with Crippen molar-refractivity contribution in [3.63, 3.8) is 0 Å². The lowest BCUT2D eigenvalue weighted by atomic mass is 10.2. The van der Waals surface area contributed by atoms with Gasteiger partial charge in [-0.2, -0.15) is 0 Å². The Morgan fingerprint density at radius 3 is 2.79 bits per heavy atom. The van der Waals surface area contributed by atoms with Gasteiger partial charge in [0.05, 0.1) is 25.5 Å². The first kappa shape index (κ1) is 20.5. The fourth-order valence-corrected chi connectivity index (χ4v) is 3.73. The summed E-state index contributed by atoms with van der Waals surface area (Å²) in [5.41, 5.74) is 0.797. The van der Waals surface area contributed by atoms with Crippen LogP contribution in [-0.4, -0.2) is 52.7 Å². The number of nitrogens with one attached hydrogen (secondary N) is 2. The normalized spacial score (nSPS) is 14.4. The summed E-state index contributed by atoms with van der Waals surface area (Å²) < 4.78 is 34.2. The first-order valence-electron chi connectivity index (χ1n) is 9.15. The SMILES string of the molecule is CS(=O)(=O)CCN=C(NCCc1cccs1)Nc1ccc2c(c1)OCCCO2. The molecule has 9 heteroatoms. The molecule has 1 aliphatic rings. The van der Waals surface area contributed by atoms with Crippen LogP contribution in [-0.2, 0) is 16.3 Å². The number of guanidine groups is 1. The van der Waals surface area contributed by atoms with Gasteiger partial charge in [0.15, 0.2) is 17.5 Å². The zero-order chi connectivity index (χ0) is 19.8. The molecule has 1 aromatic heterocycles. The minimum atomic E-state index is -3.06. The van der Waals surface area contributed by atoms with Crippen LogP contribution >= 0.6 is 11.3 Å². The predicted molar refractivity (Wildman–Crippen MR) is 114 cm³/mol. The molecule has 2 aromatic rings. The highest BCUT2D eigenvalue weighted by Crippen LogP contribution is 2.32. The number of thiophene rings is 1. The van der Waals surface area contributed by atoms with Crippen LogP contribution < -0.4 is 20.1 Å². The number of rotatable bonds is 7. The summed E-state index contributed by atoms with van der Waals surface area (Å²) in [6.07, 6.45) is 2.93. The minimum Gasteiger partial charge on any atom is -0.490 e. The topological polar surface area (TPSA) is 89.0 Å². The Kier molecular flexibility index (Phi) is 7.16. The summed E-state index contributed by atoms with van der Waals surface area (Å²) in [4.78, 5) is 5.68. The maximum atomic E-state index is 11.4. The molecule has 28 heavy (non-hydrogen) atoms. The van der Waals surface area contributed by atoms with E-state index >= 15 is 0 Å². The molecule has 2 N–H and O–H groups in total. The van der Waals surface area contributed by atoms with Crippen LogP contribution in [0.25, 0.3) is 0 Å². The maximum Gasteiger partial charge on any atom is 0.195 e. The van der Waals surface area contributed by atoms with Crippen molar-refractivity contribution in [2.45, 2.75) is 12.8 Å². The molecule has 0 atom stereocenters. The van der Waals surface area contributed by atoms with E-state index in [4.69, 9.17) is 9.47 Å². The Bertz CT molecular complexity index is 896. The van der Waals surface area contributed by atoms with E-state index in [0.29, 0.717) is 31.5 Å². The van der Waals surface area contributed by atoms with Crippen molar-refractivity contribution in [2.24, 2.45) is 4.99 Å². The third-order valence-corrected chi connectivity index (χ3v) is 5.85. The number of hydrogen-bond acceptors (Lipinski definition) is 6. The molecule has 0 fully saturated rings. The van der Waals surface area contributed by atoms with Crippen LogP contribution in [0.5, 0.6) is 11.5 Å². The molecule has 0 spiro atoms. The second-order valence-electron chi connectivity index (χ2n) is 6.45. The standard InChI is InChI=1S/C19H25N3O4S2/c1-28(23,24)13-9-21-19(20-8-7-16-4-2-12-27-16)22-15-5-6-17-18(14-15)26-11-3-10-25-17/h2,4-6,12,14H,3,7-11,13H2,1H3,(H2,20,21,22). The molecule has 1 aliphatic heterocycles. The molecule has 0 aliphatic carbocycles. The maximum absolute atomic E-state index is 11.4. The van der Waals surface area contributed by atoms with Crippen molar-refractivity contribution in [1.82, 2.24) is 5.32 Å². The molecule has 7 nitrogen and oxygen atoms in total. The van der Waals surface area contributed by atoms with E-state index in [9.17, 15) is 8.42 Å². The smallest absolute Gasteiger partial charge is 0.195 e. The van der Waals surface area contributed by atoms with Crippen molar-refractivity contribution in [1.29, 1.82) is 0 Å². The molecule has 0 unspecified atom stereocenters. The highest BCUT2D eigenvalue weighted by atomic mass is 32.2. The van der Waals surface area contributed by atoms with Crippen LogP contribution in [0.1, 0.15) is 11.3 Å². The van der Waals surface area contributed by atoms with Gasteiger partial charge in [0.1, 0.15) is 9.84 Å². The fourth-order valence-electron chi connectivity index (χ4n) is 2.60. The molecule has 0 amide bonds. The van der Waals surface area contributed by atoms with E-state index in [1.807, 2.05) is 29.6 Å². The average molecular weight is 424 g/mol. The van der Waals surface area contributed by atoms with Gasteiger partial charge in [-0.1, -0.05) is 6.07 Å².